The maximum absolute atomic E-state index is 9.58. The summed E-state index contributed by atoms with van der Waals surface area (Å²) in [5.41, 5.74) is 3.29. The highest BCUT2D eigenvalue weighted by Crippen LogP contribution is 2.31. The lowest BCUT2D eigenvalue weighted by molar-refractivity contribution is 0.202. The lowest BCUT2D eigenvalue weighted by atomic mass is 10.2. The van der Waals surface area contributed by atoms with Crippen molar-refractivity contribution in [2.45, 2.75) is 26.9 Å². The van der Waals surface area contributed by atoms with Crippen molar-refractivity contribution < 1.29 is 5.11 Å². The van der Waals surface area contributed by atoms with Crippen LogP contribution in [0, 0.1) is 13.8 Å². The van der Waals surface area contributed by atoms with E-state index in [0.29, 0.717) is 0 Å². The Balaban J connectivity index is 2.41. The first-order valence-corrected chi connectivity index (χ1v) is 6.12. The molecule has 0 aliphatic carbocycles. The molecule has 0 fully saturated rings. The SMILES string of the molecule is Cc1ccc(-c2nc(C)c([C@H](C)O)s2)cc1. The van der Waals surface area contributed by atoms with Gasteiger partial charge in [-0.05, 0) is 20.8 Å². The molecule has 0 saturated carbocycles. The van der Waals surface area contributed by atoms with Crippen molar-refractivity contribution in [1.82, 2.24) is 4.98 Å². The fourth-order valence-electron chi connectivity index (χ4n) is 1.62. The first kappa shape index (κ1) is 11.3. The Morgan fingerprint density at radius 2 is 1.81 bits per heavy atom. The van der Waals surface area contributed by atoms with Crippen molar-refractivity contribution in [3.05, 3.63) is 40.4 Å². The number of thiazole rings is 1. The molecule has 1 N–H and O–H groups in total. The van der Waals surface area contributed by atoms with Crippen LogP contribution in [-0.4, -0.2) is 10.1 Å². The molecule has 0 unspecified atom stereocenters. The number of aryl methyl sites for hydroxylation is 2. The molecule has 16 heavy (non-hydrogen) atoms. The Hall–Kier alpha value is -1.19. The lowest BCUT2D eigenvalue weighted by Crippen LogP contribution is -1.88. The Morgan fingerprint density at radius 3 is 2.31 bits per heavy atom. The molecule has 0 bridgehead atoms. The number of rotatable bonds is 2. The van der Waals surface area contributed by atoms with E-state index in [1.165, 1.54) is 5.56 Å². The summed E-state index contributed by atoms with van der Waals surface area (Å²) in [5.74, 6) is 0. The molecule has 2 rings (SSSR count). The summed E-state index contributed by atoms with van der Waals surface area (Å²) in [7, 11) is 0. The molecule has 0 aliphatic heterocycles. The predicted molar refractivity (Wildman–Crippen MR) is 67.7 cm³/mol. The van der Waals surface area contributed by atoms with Crippen molar-refractivity contribution in [1.29, 1.82) is 0 Å². The minimum Gasteiger partial charge on any atom is -0.388 e. The third kappa shape index (κ3) is 2.15. The molecule has 0 amide bonds. The molecule has 0 radical (unpaired) electrons. The molecule has 1 aromatic heterocycles. The Morgan fingerprint density at radius 1 is 1.19 bits per heavy atom. The molecule has 2 aromatic rings. The lowest BCUT2D eigenvalue weighted by Gasteiger charge is -1.99. The van der Waals surface area contributed by atoms with Gasteiger partial charge in [-0.15, -0.1) is 11.3 Å². The maximum Gasteiger partial charge on any atom is 0.123 e. The Kier molecular flexibility index (Phi) is 3.08. The number of aromatic nitrogens is 1. The maximum atomic E-state index is 9.58. The first-order chi connectivity index (χ1) is 7.58. The highest BCUT2D eigenvalue weighted by atomic mass is 32.1. The molecule has 0 saturated heterocycles. The van der Waals surface area contributed by atoms with Gasteiger partial charge in [-0.3, -0.25) is 0 Å². The predicted octanol–water partition coefficient (Wildman–Crippen LogP) is 3.48. The third-order valence-corrected chi connectivity index (χ3v) is 3.89. The zero-order valence-corrected chi connectivity index (χ0v) is 10.5. The van der Waals surface area contributed by atoms with Crippen LogP contribution in [0.4, 0.5) is 0 Å². The van der Waals surface area contributed by atoms with Crippen LogP contribution in [-0.2, 0) is 0 Å². The minimum atomic E-state index is -0.434. The highest BCUT2D eigenvalue weighted by molar-refractivity contribution is 7.15. The molecule has 1 atom stereocenters. The number of hydrogen-bond acceptors (Lipinski definition) is 3. The smallest absolute Gasteiger partial charge is 0.123 e. The average molecular weight is 233 g/mol. The van der Waals surface area contributed by atoms with E-state index in [0.717, 1.165) is 21.1 Å². The molecule has 84 valence electrons. The molecule has 1 aromatic carbocycles. The second kappa shape index (κ2) is 4.36. The standard InChI is InChI=1S/C13H15NOS/c1-8-4-6-11(7-5-8)13-14-9(2)12(16-13)10(3)15/h4-7,10,15H,1-3H3/t10-/m0/s1. The van der Waals surface area contributed by atoms with Crippen LogP contribution in [0.1, 0.15) is 29.2 Å². The molecular weight excluding hydrogens is 218 g/mol. The molecular formula is C13H15NOS. The number of hydrogen-bond donors (Lipinski definition) is 1. The topological polar surface area (TPSA) is 33.1 Å². The Bertz CT molecular complexity index is 485. The van der Waals surface area contributed by atoms with Crippen LogP contribution in [0.25, 0.3) is 10.6 Å². The van der Waals surface area contributed by atoms with Gasteiger partial charge in [-0.2, -0.15) is 0 Å². The van der Waals surface area contributed by atoms with Gasteiger partial charge in [0.2, 0.25) is 0 Å². The van der Waals surface area contributed by atoms with Crippen molar-refractivity contribution in [3.63, 3.8) is 0 Å². The van der Waals surface area contributed by atoms with Crippen LogP contribution in [0.3, 0.4) is 0 Å². The fraction of sp³-hybridized carbons (Fsp3) is 0.308. The van der Waals surface area contributed by atoms with Crippen molar-refractivity contribution in [2.24, 2.45) is 0 Å². The van der Waals surface area contributed by atoms with Gasteiger partial charge in [-0.25, -0.2) is 4.98 Å². The normalized spacial score (nSPS) is 12.8. The summed E-state index contributed by atoms with van der Waals surface area (Å²) in [6, 6.07) is 8.29. The molecule has 2 nitrogen and oxygen atoms in total. The van der Waals surface area contributed by atoms with E-state index >= 15 is 0 Å². The molecule has 0 spiro atoms. The van der Waals surface area contributed by atoms with E-state index < -0.39 is 6.10 Å². The molecule has 1 heterocycles. The number of nitrogens with zero attached hydrogens (tertiary/aromatic N) is 1. The molecule has 0 aliphatic rings. The minimum absolute atomic E-state index is 0.434. The van der Waals surface area contributed by atoms with Gasteiger partial charge in [0.15, 0.2) is 0 Å². The van der Waals surface area contributed by atoms with E-state index in [1.54, 1.807) is 18.3 Å². The van der Waals surface area contributed by atoms with E-state index in [-0.39, 0.29) is 0 Å². The first-order valence-electron chi connectivity index (χ1n) is 5.30. The van der Waals surface area contributed by atoms with Gasteiger partial charge in [-0.1, -0.05) is 29.8 Å². The zero-order chi connectivity index (χ0) is 11.7. The van der Waals surface area contributed by atoms with Gasteiger partial charge >= 0.3 is 0 Å². The molecule has 3 heteroatoms. The number of aliphatic hydroxyl groups excluding tert-OH is 1. The summed E-state index contributed by atoms with van der Waals surface area (Å²) in [6.07, 6.45) is -0.434. The number of aliphatic hydroxyl groups is 1. The summed E-state index contributed by atoms with van der Waals surface area (Å²) < 4.78 is 0. The highest BCUT2D eigenvalue weighted by Gasteiger charge is 2.12. The second-order valence-electron chi connectivity index (χ2n) is 4.01. The summed E-state index contributed by atoms with van der Waals surface area (Å²) in [5, 5.41) is 10.6. The van der Waals surface area contributed by atoms with Gasteiger partial charge in [0.1, 0.15) is 5.01 Å². The zero-order valence-electron chi connectivity index (χ0n) is 9.69. The number of benzene rings is 1. The van der Waals surface area contributed by atoms with E-state index in [9.17, 15) is 5.11 Å². The van der Waals surface area contributed by atoms with E-state index in [2.05, 4.69) is 36.2 Å². The quantitative estimate of drug-likeness (QED) is 0.861. The summed E-state index contributed by atoms with van der Waals surface area (Å²) in [6.45, 7) is 5.79. The van der Waals surface area contributed by atoms with Crippen molar-refractivity contribution >= 4 is 11.3 Å². The summed E-state index contributed by atoms with van der Waals surface area (Å²) in [4.78, 5) is 5.44. The van der Waals surface area contributed by atoms with Crippen LogP contribution in [0.2, 0.25) is 0 Å². The fourth-order valence-corrected chi connectivity index (χ4v) is 2.62. The monoisotopic (exact) mass is 233 g/mol. The van der Waals surface area contributed by atoms with Crippen LogP contribution < -0.4 is 0 Å². The average Bonchev–Trinajstić information content (AvgIpc) is 2.61. The van der Waals surface area contributed by atoms with Gasteiger partial charge < -0.3 is 5.11 Å². The largest absolute Gasteiger partial charge is 0.388 e. The van der Waals surface area contributed by atoms with E-state index in [1.807, 2.05) is 6.92 Å². The van der Waals surface area contributed by atoms with Crippen molar-refractivity contribution in [2.75, 3.05) is 0 Å². The van der Waals surface area contributed by atoms with Gasteiger partial charge in [0, 0.05) is 5.56 Å². The van der Waals surface area contributed by atoms with Gasteiger partial charge in [0.25, 0.3) is 0 Å². The second-order valence-corrected chi connectivity index (χ2v) is 5.04. The Labute approximate surface area is 99.6 Å². The van der Waals surface area contributed by atoms with Gasteiger partial charge in [0.05, 0.1) is 16.7 Å². The van der Waals surface area contributed by atoms with Crippen molar-refractivity contribution in [3.8, 4) is 10.6 Å². The van der Waals surface area contributed by atoms with Crippen LogP contribution >= 0.6 is 11.3 Å². The van der Waals surface area contributed by atoms with Crippen LogP contribution in [0.5, 0.6) is 0 Å². The van der Waals surface area contributed by atoms with Crippen LogP contribution in [0.15, 0.2) is 24.3 Å². The van der Waals surface area contributed by atoms with E-state index in [4.69, 9.17) is 0 Å². The summed E-state index contributed by atoms with van der Waals surface area (Å²) >= 11 is 1.57. The third-order valence-electron chi connectivity index (χ3n) is 2.51.